The molecule has 2 bridgehead atoms. The summed E-state index contributed by atoms with van der Waals surface area (Å²) < 4.78 is 0.924. The molecule has 0 aliphatic heterocycles. The van der Waals surface area contributed by atoms with E-state index in [0.29, 0.717) is 23.3 Å². The van der Waals surface area contributed by atoms with Gasteiger partial charge in [0.05, 0.1) is 0 Å². The highest BCUT2D eigenvalue weighted by molar-refractivity contribution is 9.10. The van der Waals surface area contributed by atoms with Crippen molar-refractivity contribution in [2.45, 2.75) is 31.1 Å². The van der Waals surface area contributed by atoms with Gasteiger partial charge in [0.25, 0.3) is 0 Å². The van der Waals surface area contributed by atoms with Crippen LogP contribution in [0.15, 0.2) is 22.7 Å². The van der Waals surface area contributed by atoms with Gasteiger partial charge in [-0.1, -0.05) is 15.9 Å². The van der Waals surface area contributed by atoms with E-state index in [4.69, 9.17) is 0 Å². The maximum atomic E-state index is 10.5. The van der Waals surface area contributed by atoms with Crippen molar-refractivity contribution < 1.29 is 10.2 Å². The van der Waals surface area contributed by atoms with Crippen LogP contribution >= 0.6 is 15.9 Å². The quantitative estimate of drug-likeness (QED) is 0.709. The number of phenols is 2. The van der Waals surface area contributed by atoms with Gasteiger partial charge in [-0.25, -0.2) is 0 Å². The molecule has 2 nitrogen and oxygen atoms in total. The third-order valence-corrected chi connectivity index (χ3v) is 5.03. The van der Waals surface area contributed by atoms with Crippen LogP contribution in [-0.2, 0) is 0 Å². The van der Waals surface area contributed by atoms with Gasteiger partial charge in [0.15, 0.2) is 0 Å². The number of benzene rings is 2. The van der Waals surface area contributed by atoms with Gasteiger partial charge in [-0.15, -0.1) is 0 Å². The van der Waals surface area contributed by atoms with Crippen LogP contribution in [0.25, 0.3) is 10.8 Å². The summed E-state index contributed by atoms with van der Waals surface area (Å²) in [6, 6.07) is 5.67. The molecule has 2 aliphatic rings. The monoisotopic (exact) mass is 304 g/mol. The second kappa shape index (κ2) is 3.41. The predicted molar refractivity (Wildman–Crippen MR) is 74.3 cm³/mol. The predicted octanol–water partition coefficient (Wildman–Crippen LogP) is 4.38. The highest BCUT2D eigenvalue weighted by atomic mass is 79.9. The normalized spacial score (nSPS) is 24.7. The van der Waals surface area contributed by atoms with Crippen LogP contribution in [0.1, 0.15) is 42.2 Å². The number of phenolic OH excluding ortho intramolecular Hbond substituents is 2. The van der Waals surface area contributed by atoms with Crippen LogP contribution in [0.3, 0.4) is 0 Å². The van der Waals surface area contributed by atoms with Gasteiger partial charge in [0.1, 0.15) is 11.5 Å². The molecule has 2 aliphatic carbocycles. The van der Waals surface area contributed by atoms with Gasteiger partial charge in [0, 0.05) is 26.4 Å². The first kappa shape index (κ1) is 10.7. The zero-order valence-corrected chi connectivity index (χ0v) is 11.4. The lowest BCUT2D eigenvalue weighted by molar-refractivity contribution is 0.452. The van der Waals surface area contributed by atoms with Crippen LogP contribution in [0, 0.1) is 0 Å². The molecule has 3 heteroatoms. The molecule has 1 saturated carbocycles. The molecule has 0 spiro atoms. The lowest BCUT2D eigenvalue weighted by Crippen LogP contribution is -1.99. The van der Waals surface area contributed by atoms with Crippen molar-refractivity contribution in [3.63, 3.8) is 0 Å². The molecule has 2 aromatic rings. The summed E-state index contributed by atoms with van der Waals surface area (Å²) >= 11 is 3.42. The Morgan fingerprint density at radius 2 is 1.56 bits per heavy atom. The van der Waals surface area contributed by atoms with Crippen LogP contribution < -0.4 is 0 Å². The average molecular weight is 305 g/mol. The lowest BCUT2D eigenvalue weighted by atomic mass is 9.87. The molecule has 4 rings (SSSR count). The second-order valence-electron chi connectivity index (χ2n) is 5.42. The summed E-state index contributed by atoms with van der Waals surface area (Å²) in [6.07, 6.45) is 3.38. The molecular weight excluding hydrogens is 292 g/mol. The van der Waals surface area contributed by atoms with E-state index < -0.39 is 0 Å². The third-order valence-electron chi connectivity index (χ3n) is 4.54. The van der Waals surface area contributed by atoms with E-state index in [9.17, 15) is 10.2 Å². The molecule has 2 N–H and O–H groups in total. The number of aromatic hydroxyl groups is 2. The molecule has 92 valence electrons. The highest BCUT2D eigenvalue weighted by Crippen LogP contribution is 2.60. The first-order chi connectivity index (χ1) is 8.66. The number of rotatable bonds is 0. The van der Waals surface area contributed by atoms with Gasteiger partial charge in [0.2, 0.25) is 0 Å². The molecule has 2 unspecified atom stereocenters. The fraction of sp³-hybridized carbons (Fsp3) is 0.333. The van der Waals surface area contributed by atoms with Crippen LogP contribution in [0.4, 0.5) is 0 Å². The molecule has 18 heavy (non-hydrogen) atoms. The fourth-order valence-electron chi connectivity index (χ4n) is 3.80. The number of hydrogen-bond donors (Lipinski definition) is 2. The topological polar surface area (TPSA) is 40.5 Å². The Balaban J connectivity index is 2.17. The van der Waals surface area contributed by atoms with Gasteiger partial charge in [-0.05, 0) is 49.3 Å². The van der Waals surface area contributed by atoms with E-state index in [-0.39, 0.29) is 0 Å². The SMILES string of the molecule is Oc1c2c(c(O)c3cc(Br)ccc13)C1CCC2C1. The Hall–Kier alpha value is -1.22. The van der Waals surface area contributed by atoms with E-state index in [1.807, 2.05) is 18.2 Å². The summed E-state index contributed by atoms with van der Waals surface area (Å²) in [5, 5.41) is 22.5. The minimum Gasteiger partial charge on any atom is -0.507 e. The van der Waals surface area contributed by atoms with E-state index in [1.165, 1.54) is 0 Å². The zero-order chi connectivity index (χ0) is 12.4. The summed E-state index contributed by atoms with van der Waals surface area (Å²) in [5.41, 5.74) is 2.02. The Morgan fingerprint density at radius 3 is 2.22 bits per heavy atom. The van der Waals surface area contributed by atoms with Gasteiger partial charge in [-0.2, -0.15) is 0 Å². The lowest BCUT2D eigenvalue weighted by Gasteiger charge is -2.20. The Morgan fingerprint density at radius 1 is 0.944 bits per heavy atom. The van der Waals surface area contributed by atoms with Crippen LogP contribution in [0.5, 0.6) is 11.5 Å². The summed E-state index contributed by atoms with van der Waals surface area (Å²) in [4.78, 5) is 0. The van der Waals surface area contributed by atoms with E-state index in [2.05, 4.69) is 15.9 Å². The molecule has 0 amide bonds. The molecule has 0 saturated heterocycles. The maximum Gasteiger partial charge on any atom is 0.127 e. The van der Waals surface area contributed by atoms with Crippen LogP contribution in [-0.4, -0.2) is 10.2 Å². The summed E-state index contributed by atoms with van der Waals surface area (Å²) in [6.45, 7) is 0. The molecular formula is C15H13BrO2. The molecule has 0 aromatic heterocycles. The standard InChI is InChI=1S/C15H13BrO2/c16-9-3-4-10-11(6-9)15(18)13-8-2-1-7(5-8)12(13)14(10)17/h3-4,6-8,17-18H,1-2,5H2. The minimum absolute atomic E-state index is 0.381. The molecule has 2 atom stereocenters. The van der Waals surface area contributed by atoms with Gasteiger partial charge in [-0.3, -0.25) is 0 Å². The Bertz CT molecular complexity index is 678. The van der Waals surface area contributed by atoms with Gasteiger partial charge >= 0.3 is 0 Å². The van der Waals surface area contributed by atoms with Crippen molar-refractivity contribution in [1.82, 2.24) is 0 Å². The summed E-state index contributed by atoms with van der Waals surface area (Å²) in [7, 11) is 0. The van der Waals surface area contributed by atoms with Crippen molar-refractivity contribution in [2.75, 3.05) is 0 Å². The van der Waals surface area contributed by atoms with E-state index in [1.54, 1.807) is 0 Å². The third kappa shape index (κ3) is 1.18. The van der Waals surface area contributed by atoms with Crippen molar-refractivity contribution in [1.29, 1.82) is 0 Å². The Kier molecular flexibility index (Phi) is 2.03. The van der Waals surface area contributed by atoms with Crippen molar-refractivity contribution in [3.05, 3.63) is 33.8 Å². The molecule has 2 aromatic carbocycles. The highest BCUT2D eigenvalue weighted by Gasteiger charge is 2.41. The number of halogens is 1. The first-order valence-electron chi connectivity index (χ1n) is 6.33. The smallest absolute Gasteiger partial charge is 0.127 e. The van der Waals surface area contributed by atoms with Crippen molar-refractivity contribution in [3.8, 4) is 11.5 Å². The largest absolute Gasteiger partial charge is 0.507 e. The molecule has 0 heterocycles. The minimum atomic E-state index is 0.381. The molecule has 1 fully saturated rings. The van der Waals surface area contributed by atoms with Gasteiger partial charge < -0.3 is 10.2 Å². The number of fused-ring (bicyclic) bond motifs is 6. The van der Waals surface area contributed by atoms with E-state index in [0.717, 1.165) is 45.6 Å². The fourth-order valence-corrected chi connectivity index (χ4v) is 4.16. The zero-order valence-electron chi connectivity index (χ0n) is 9.78. The summed E-state index contributed by atoms with van der Waals surface area (Å²) in [5.74, 6) is 1.66. The second-order valence-corrected chi connectivity index (χ2v) is 6.34. The van der Waals surface area contributed by atoms with Crippen molar-refractivity contribution >= 4 is 26.7 Å². The maximum absolute atomic E-state index is 10.5. The van der Waals surface area contributed by atoms with Crippen molar-refractivity contribution in [2.24, 2.45) is 0 Å². The average Bonchev–Trinajstić information content (AvgIpc) is 2.96. The van der Waals surface area contributed by atoms with E-state index >= 15 is 0 Å². The first-order valence-corrected chi connectivity index (χ1v) is 7.13. The molecule has 0 radical (unpaired) electrons. The number of hydrogen-bond acceptors (Lipinski definition) is 2. The van der Waals surface area contributed by atoms with Crippen LogP contribution in [0.2, 0.25) is 0 Å². The Labute approximate surface area is 113 Å².